The quantitative estimate of drug-likeness (QED) is 0.387. The number of benzene rings is 3. The maximum atomic E-state index is 9.53. The van der Waals surface area contributed by atoms with Crippen molar-refractivity contribution in [3.63, 3.8) is 0 Å². The van der Waals surface area contributed by atoms with Gasteiger partial charge < -0.3 is 14.4 Å². The van der Waals surface area contributed by atoms with E-state index in [-0.39, 0.29) is 23.6 Å². The molecule has 148 valence electrons. The standard InChI is InChI=1S/C23H20N2O2S.BrH/c26-16-15-25-22(17-28-23(25)24-19-7-3-1-4-8-19)18-11-13-21(14-12-18)27-20-9-5-2-6-10-20;/h1-14,17,26H,15-16H2;1H. The number of aliphatic hydroxyl groups excluding tert-OH is 1. The molecular weight excluding hydrogens is 448 g/mol. The Morgan fingerprint density at radius 1 is 0.828 bits per heavy atom. The van der Waals surface area contributed by atoms with Crippen molar-refractivity contribution in [1.82, 2.24) is 4.57 Å². The van der Waals surface area contributed by atoms with E-state index in [9.17, 15) is 5.11 Å². The lowest BCUT2D eigenvalue weighted by Crippen LogP contribution is -2.17. The Bertz CT molecular complexity index is 1090. The van der Waals surface area contributed by atoms with Gasteiger partial charge in [0.25, 0.3) is 0 Å². The van der Waals surface area contributed by atoms with E-state index in [0.717, 1.165) is 33.2 Å². The molecule has 0 aliphatic rings. The molecule has 0 fully saturated rings. The highest BCUT2D eigenvalue weighted by Crippen LogP contribution is 2.26. The Hall–Kier alpha value is -2.67. The van der Waals surface area contributed by atoms with Crippen molar-refractivity contribution >= 4 is 34.0 Å². The summed E-state index contributed by atoms with van der Waals surface area (Å²) in [5.41, 5.74) is 2.98. The lowest BCUT2D eigenvalue weighted by Gasteiger charge is -2.09. The minimum Gasteiger partial charge on any atom is -0.457 e. The first kappa shape index (κ1) is 21.0. The number of thiazole rings is 1. The fourth-order valence-corrected chi connectivity index (χ4v) is 3.85. The Labute approximate surface area is 184 Å². The van der Waals surface area contributed by atoms with Crippen molar-refractivity contribution in [1.29, 1.82) is 0 Å². The number of ether oxygens (including phenoxy) is 1. The number of aromatic nitrogens is 1. The molecule has 4 nitrogen and oxygen atoms in total. The number of nitrogens with zero attached hydrogens (tertiary/aromatic N) is 2. The zero-order valence-electron chi connectivity index (χ0n) is 15.6. The summed E-state index contributed by atoms with van der Waals surface area (Å²) in [5.74, 6) is 1.60. The van der Waals surface area contributed by atoms with Crippen LogP contribution in [0.4, 0.5) is 5.69 Å². The third-order valence-electron chi connectivity index (χ3n) is 4.23. The summed E-state index contributed by atoms with van der Waals surface area (Å²) >= 11 is 1.57. The van der Waals surface area contributed by atoms with Crippen LogP contribution >= 0.6 is 28.3 Å². The Morgan fingerprint density at radius 2 is 1.45 bits per heavy atom. The first-order valence-electron chi connectivity index (χ1n) is 9.06. The molecule has 0 aliphatic carbocycles. The van der Waals surface area contributed by atoms with Crippen LogP contribution in [0.15, 0.2) is 95.3 Å². The molecule has 0 aliphatic heterocycles. The molecule has 0 atom stereocenters. The van der Waals surface area contributed by atoms with E-state index < -0.39 is 0 Å². The van der Waals surface area contributed by atoms with Crippen LogP contribution in [0.2, 0.25) is 0 Å². The molecule has 4 rings (SSSR count). The molecule has 1 aromatic heterocycles. The topological polar surface area (TPSA) is 46.8 Å². The molecule has 6 heteroatoms. The van der Waals surface area contributed by atoms with Crippen LogP contribution in [0, 0.1) is 0 Å². The zero-order chi connectivity index (χ0) is 19.2. The Morgan fingerprint density at radius 3 is 2.10 bits per heavy atom. The predicted molar refractivity (Wildman–Crippen MR) is 123 cm³/mol. The summed E-state index contributed by atoms with van der Waals surface area (Å²) in [6.45, 7) is 0.549. The van der Waals surface area contributed by atoms with Gasteiger partial charge in [-0.15, -0.1) is 28.3 Å². The minimum absolute atomic E-state index is 0. The molecule has 1 N–H and O–H groups in total. The van der Waals surface area contributed by atoms with E-state index in [2.05, 4.69) is 5.38 Å². The van der Waals surface area contributed by atoms with Gasteiger partial charge in [-0.2, -0.15) is 0 Å². The summed E-state index contributed by atoms with van der Waals surface area (Å²) in [6.07, 6.45) is 0. The van der Waals surface area contributed by atoms with Crippen molar-refractivity contribution in [3.8, 4) is 22.8 Å². The molecule has 0 unspecified atom stereocenters. The SMILES string of the molecule is Br.OCCn1c(-c2ccc(Oc3ccccc3)cc2)csc1=Nc1ccccc1. The van der Waals surface area contributed by atoms with E-state index in [0.29, 0.717) is 6.54 Å². The van der Waals surface area contributed by atoms with E-state index in [1.165, 1.54) is 0 Å². The van der Waals surface area contributed by atoms with Crippen LogP contribution in [0.3, 0.4) is 0 Å². The number of para-hydroxylation sites is 2. The third-order valence-corrected chi connectivity index (χ3v) is 5.09. The predicted octanol–water partition coefficient (Wildman–Crippen LogP) is 5.81. The lowest BCUT2D eigenvalue weighted by molar-refractivity contribution is 0.275. The number of halogens is 1. The molecular formula is C23H21BrN2O2S. The van der Waals surface area contributed by atoms with Gasteiger partial charge >= 0.3 is 0 Å². The van der Waals surface area contributed by atoms with Crippen molar-refractivity contribution in [2.24, 2.45) is 4.99 Å². The van der Waals surface area contributed by atoms with Crippen molar-refractivity contribution < 1.29 is 9.84 Å². The monoisotopic (exact) mass is 468 g/mol. The Balaban J connectivity index is 0.00000240. The van der Waals surface area contributed by atoms with E-state index in [4.69, 9.17) is 9.73 Å². The Kier molecular flexibility index (Phi) is 7.41. The first-order chi connectivity index (χ1) is 13.8. The molecule has 0 radical (unpaired) electrons. The molecule has 0 spiro atoms. The fraction of sp³-hybridized carbons (Fsp3) is 0.0870. The van der Waals surface area contributed by atoms with Crippen LogP contribution in [-0.2, 0) is 6.54 Å². The van der Waals surface area contributed by atoms with Gasteiger partial charge in [0.15, 0.2) is 4.80 Å². The van der Waals surface area contributed by atoms with Gasteiger partial charge in [-0.3, -0.25) is 0 Å². The first-order valence-corrected chi connectivity index (χ1v) is 9.94. The summed E-state index contributed by atoms with van der Waals surface area (Å²) in [5, 5.41) is 11.6. The average Bonchev–Trinajstić information content (AvgIpc) is 3.13. The smallest absolute Gasteiger partial charge is 0.190 e. The van der Waals surface area contributed by atoms with Crippen molar-refractivity contribution in [2.45, 2.75) is 6.54 Å². The minimum atomic E-state index is 0. The van der Waals surface area contributed by atoms with Gasteiger partial charge in [-0.25, -0.2) is 4.99 Å². The zero-order valence-corrected chi connectivity index (χ0v) is 18.2. The summed E-state index contributed by atoms with van der Waals surface area (Å²) in [6, 6.07) is 27.5. The summed E-state index contributed by atoms with van der Waals surface area (Å²) in [7, 11) is 0. The molecule has 0 saturated heterocycles. The lowest BCUT2D eigenvalue weighted by atomic mass is 10.1. The van der Waals surface area contributed by atoms with E-state index >= 15 is 0 Å². The summed E-state index contributed by atoms with van der Waals surface area (Å²) < 4.78 is 7.91. The largest absolute Gasteiger partial charge is 0.457 e. The second-order valence-electron chi connectivity index (χ2n) is 6.17. The number of hydrogen-bond donors (Lipinski definition) is 1. The van der Waals surface area contributed by atoms with Gasteiger partial charge in [0.05, 0.1) is 18.0 Å². The van der Waals surface area contributed by atoms with Gasteiger partial charge in [-0.1, -0.05) is 36.4 Å². The highest BCUT2D eigenvalue weighted by Gasteiger charge is 2.08. The van der Waals surface area contributed by atoms with Crippen LogP contribution < -0.4 is 9.54 Å². The van der Waals surface area contributed by atoms with Crippen molar-refractivity contribution in [3.05, 3.63) is 95.1 Å². The van der Waals surface area contributed by atoms with Gasteiger partial charge in [0.2, 0.25) is 0 Å². The second kappa shape index (κ2) is 10.2. The van der Waals surface area contributed by atoms with Gasteiger partial charge in [0, 0.05) is 11.9 Å². The molecule has 4 aromatic rings. The number of rotatable bonds is 6. The third kappa shape index (κ3) is 5.23. The molecule has 29 heavy (non-hydrogen) atoms. The molecule has 0 bridgehead atoms. The number of hydrogen-bond acceptors (Lipinski definition) is 4. The van der Waals surface area contributed by atoms with Crippen LogP contribution in [0.1, 0.15) is 0 Å². The number of aliphatic hydroxyl groups is 1. The van der Waals surface area contributed by atoms with Crippen LogP contribution in [-0.4, -0.2) is 16.3 Å². The highest BCUT2D eigenvalue weighted by molar-refractivity contribution is 8.93. The maximum Gasteiger partial charge on any atom is 0.190 e. The van der Waals surface area contributed by atoms with Crippen molar-refractivity contribution in [2.75, 3.05) is 6.61 Å². The molecule has 3 aromatic carbocycles. The highest BCUT2D eigenvalue weighted by atomic mass is 79.9. The molecule has 1 heterocycles. The van der Waals surface area contributed by atoms with Gasteiger partial charge in [0.1, 0.15) is 11.5 Å². The second-order valence-corrected chi connectivity index (χ2v) is 7.00. The molecule has 0 amide bonds. The van der Waals surface area contributed by atoms with E-state index in [1.807, 2.05) is 89.5 Å². The fourth-order valence-electron chi connectivity index (χ4n) is 2.90. The van der Waals surface area contributed by atoms with E-state index in [1.54, 1.807) is 11.3 Å². The normalized spacial score (nSPS) is 11.1. The average molecular weight is 469 g/mol. The van der Waals surface area contributed by atoms with Gasteiger partial charge in [-0.05, 0) is 54.1 Å². The maximum absolute atomic E-state index is 9.53. The van der Waals surface area contributed by atoms with Crippen LogP contribution in [0.5, 0.6) is 11.5 Å². The molecule has 0 saturated carbocycles. The summed E-state index contributed by atoms with van der Waals surface area (Å²) in [4.78, 5) is 5.59. The van der Waals surface area contributed by atoms with Crippen LogP contribution in [0.25, 0.3) is 11.3 Å².